The van der Waals surface area contributed by atoms with Crippen LogP contribution in [0.15, 0.2) is 41.3 Å². The van der Waals surface area contributed by atoms with Crippen LogP contribution in [0.25, 0.3) is 0 Å². The molecule has 6 nitrogen and oxygen atoms in total. The average molecular weight is 404 g/mol. The second-order valence-corrected chi connectivity index (χ2v) is 8.86. The summed E-state index contributed by atoms with van der Waals surface area (Å²) in [5.74, 6) is -0.886. The van der Waals surface area contributed by atoms with Gasteiger partial charge in [-0.3, -0.25) is 4.31 Å². The molecule has 1 aliphatic rings. The summed E-state index contributed by atoms with van der Waals surface area (Å²) in [6, 6.07) is 9.58. The van der Waals surface area contributed by atoms with E-state index in [2.05, 4.69) is 24.7 Å². The first kappa shape index (κ1) is 20.2. The second-order valence-electron chi connectivity index (χ2n) is 7.00. The highest BCUT2D eigenvalue weighted by atomic mass is 32.2. The van der Waals surface area contributed by atoms with E-state index in [1.54, 1.807) is 0 Å². The molecule has 0 spiro atoms. The Morgan fingerprint density at radius 3 is 2.61 bits per heavy atom. The maximum atomic E-state index is 13.4. The second kappa shape index (κ2) is 7.83. The fourth-order valence-electron chi connectivity index (χ4n) is 3.55. The Bertz CT molecular complexity index is 1000. The van der Waals surface area contributed by atoms with E-state index in [0.29, 0.717) is 12.2 Å². The first-order chi connectivity index (χ1) is 13.3. The molecule has 0 saturated carbocycles. The van der Waals surface area contributed by atoms with Crippen LogP contribution in [0.1, 0.15) is 41.8 Å². The number of hydrogen-bond acceptors (Lipinski definition) is 5. The van der Waals surface area contributed by atoms with E-state index in [0.717, 1.165) is 24.8 Å². The number of anilines is 1. The number of nitrogens with zero attached hydrogens (tertiary/aromatic N) is 1. The van der Waals surface area contributed by atoms with Crippen LogP contribution in [0.2, 0.25) is 0 Å². The normalized spacial score (nSPS) is 16.5. The number of carbonyl (C=O) groups excluding carboxylic acids is 1. The van der Waals surface area contributed by atoms with E-state index in [4.69, 9.17) is 0 Å². The zero-order chi connectivity index (χ0) is 20.5. The molecule has 7 heteroatoms. The molecule has 0 aliphatic carbocycles. The molecule has 1 heterocycles. The van der Waals surface area contributed by atoms with Crippen molar-refractivity contribution in [3.8, 4) is 5.75 Å². The number of carbonyl (C=O) groups is 1. The van der Waals surface area contributed by atoms with Gasteiger partial charge in [-0.1, -0.05) is 32.4 Å². The lowest BCUT2D eigenvalue weighted by Gasteiger charge is -2.35. The van der Waals surface area contributed by atoms with Crippen LogP contribution in [0.5, 0.6) is 5.75 Å². The van der Waals surface area contributed by atoms with Gasteiger partial charge in [-0.2, -0.15) is 0 Å². The van der Waals surface area contributed by atoms with E-state index >= 15 is 0 Å². The molecule has 3 rings (SSSR count). The number of rotatable bonds is 5. The van der Waals surface area contributed by atoms with Gasteiger partial charge in [0.1, 0.15) is 11.3 Å². The Labute approximate surface area is 165 Å². The molecule has 0 saturated heterocycles. The molecule has 2 aromatic rings. The number of benzene rings is 2. The van der Waals surface area contributed by atoms with Gasteiger partial charge in [-0.25, -0.2) is 13.2 Å². The lowest BCUT2D eigenvalue weighted by Crippen LogP contribution is -2.40. The number of aromatic hydroxyl groups is 1. The maximum absolute atomic E-state index is 13.4. The highest BCUT2D eigenvalue weighted by Crippen LogP contribution is 2.36. The van der Waals surface area contributed by atoms with Crippen molar-refractivity contribution < 1.29 is 23.1 Å². The number of methoxy groups -OCH3 is 1. The fourth-order valence-corrected chi connectivity index (χ4v) is 5.16. The molecule has 0 aromatic heterocycles. The Morgan fingerprint density at radius 2 is 1.96 bits per heavy atom. The van der Waals surface area contributed by atoms with Gasteiger partial charge in [-0.15, -0.1) is 0 Å². The zero-order valence-corrected chi connectivity index (χ0v) is 17.1. The summed E-state index contributed by atoms with van der Waals surface area (Å²) in [7, 11) is -2.72. The molecule has 28 heavy (non-hydrogen) atoms. The van der Waals surface area contributed by atoms with E-state index < -0.39 is 16.0 Å². The summed E-state index contributed by atoms with van der Waals surface area (Å²) in [6.07, 6.45) is 2.59. The molecule has 150 valence electrons. The van der Waals surface area contributed by atoms with Gasteiger partial charge in [-0.05, 0) is 54.2 Å². The summed E-state index contributed by atoms with van der Waals surface area (Å²) in [5, 5.41) is 9.90. The van der Waals surface area contributed by atoms with E-state index in [1.807, 2.05) is 12.1 Å². The van der Waals surface area contributed by atoms with Crippen LogP contribution in [0.3, 0.4) is 0 Å². The monoisotopic (exact) mass is 403 g/mol. The number of ether oxygens (including phenoxy) is 1. The van der Waals surface area contributed by atoms with Crippen LogP contribution in [0.4, 0.5) is 5.69 Å². The third-order valence-electron chi connectivity index (χ3n) is 5.29. The summed E-state index contributed by atoms with van der Waals surface area (Å²) >= 11 is 0. The van der Waals surface area contributed by atoms with Gasteiger partial charge in [0.05, 0.1) is 17.7 Å². The molecule has 0 amide bonds. The number of esters is 1. The third kappa shape index (κ3) is 3.58. The number of sulfonamides is 1. The Balaban J connectivity index is 2.10. The molecule has 1 atom stereocenters. The van der Waals surface area contributed by atoms with E-state index in [-0.39, 0.29) is 22.1 Å². The third-order valence-corrected chi connectivity index (χ3v) is 7.07. The standard InChI is InChI=1S/C21H25NO5S/c1-4-14-6-8-19-16(10-14)11-15(5-2)13-22(19)28(25,26)17-7-9-20(23)18(12-17)21(24)27-3/h6-10,12,15,23H,4-5,11,13H2,1-3H3. The van der Waals surface area contributed by atoms with Crippen LogP contribution < -0.4 is 4.31 Å². The first-order valence-corrected chi connectivity index (χ1v) is 10.8. The van der Waals surface area contributed by atoms with Crippen molar-refractivity contribution in [3.05, 3.63) is 53.1 Å². The Kier molecular flexibility index (Phi) is 5.65. The molecular formula is C21H25NO5S. The van der Waals surface area contributed by atoms with Crippen molar-refractivity contribution in [2.24, 2.45) is 5.92 Å². The minimum absolute atomic E-state index is 0.0482. The molecule has 1 N–H and O–H groups in total. The predicted octanol–water partition coefficient (Wildman–Crippen LogP) is 3.52. The summed E-state index contributed by atoms with van der Waals surface area (Å²) in [6.45, 7) is 4.51. The smallest absolute Gasteiger partial charge is 0.341 e. The summed E-state index contributed by atoms with van der Waals surface area (Å²) in [4.78, 5) is 11.8. The zero-order valence-electron chi connectivity index (χ0n) is 16.3. The SMILES string of the molecule is CCc1ccc2c(c1)CC(CC)CN2S(=O)(=O)c1ccc(O)c(C(=O)OC)c1. The summed E-state index contributed by atoms with van der Waals surface area (Å²) < 4.78 is 32.9. The number of phenols is 1. The predicted molar refractivity (Wildman–Crippen MR) is 107 cm³/mol. The topological polar surface area (TPSA) is 83.9 Å². The number of fused-ring (bicyclic) bond motifs is 1. The molecule has 0 radical (unpaired) electrons. The van der Waals surface area contributed by atoms with Gasteiger partial charge in [0.2, 0.25) is 0 Å². The lowest BCUT2D eigenvalue weighted by atomic mass is 9.91. The van der Waals surface area contributed by atoms with Gasteiger partial charge < -0.3 is 9.84 Å². The number of aryl methyl sites for hydroxylation is 1. The molecule has 0 bridgehead atoms. The van der Waals surface area contributed by atoms with Gasteiger partial charge in [0, 0.05) is 6.54 Å². The van der Waals surface area contributed by atoms with Crippen molar-refractivity contribution in [2.75, 3.05) is 18.0 Å². The Hall–Kier alpha value is -2.54. The molecule has 1 unspecified atom stereocenters. The molecule has 0 fully saturated rings. The van der Waals surface area contributed by atoms with Crippen LogP contribution in [-0.2, 0) is 27.6 Å². The lowest BCUT2D eigenvalue weighted by molar-refractivity contribution is 0.0597. The highest BCUT2D eigenvalue weighted by molar-refractivity contribution is 7.92. The van der Waals surface area contributed by atoms with Crippen molar-refractivity contribution >= 4 is 21.7 Å². The van der Waals surface area contributed by atoms with Crippen molar-refractivity contribution in [1.29, 1.82) is 0 Å². The van der Waals surface area contributed by atoms with Crippen LogP contribution in [-0.4, -0.2) is 33.1 Å². The number of phenolic OH excluding ortho intramolecular Hbond substituents is 1. The minimum atomic E-state index is -3.90. The van der Waals surface area contributed by atoms with Crippen molar-refractivity contribution in [1.82, 2.24) is 0 Å². The maximum Gasteiger partial charge on any atom is 0.341 e. The van der Waals surface area contributed by atoms with Gasteiger partial charge >= 0.3 is 5.97 Å². The van der Waals surface area contributed by atoms with E-state index in [1.165, 1.54) is 35.2 Å². The first-order valence-electron chi connectivity index (χ1n) is 9.37. The largest absolute Gasteiger partial charge is 0.507 e. The van der Waals surface area contributed by atoms with Crippen molar-refractivity contribution in [3.63, 3.8) is 0 Å². The summed E-state index contributed by atoms with van der Waals surface area (Å²) in [5.41, 5.74) is 2.70. The van der Waals surface area contributed by atoms with Gasteiger partial charge in [0.15, 0.2) is 0 Å². The molecule has 1 aliphatic heterocycles. The van der Waals surface area contributed by atoms with Crippen LogP contribution in [0, 0.1) is 5.92 Å². The minimum Gasteiger partial charge on any atom is -0.507 e. The van der Waals surface area contributed by atoms with Crippen LogP contribution >= 0.6 is 0 Å². The Morgan fingerprint density at radius 1 is 1.21 bits per heavy atom. The molecule has 2 aromatic carbocycles. The molecular weight excluding hydrogens is 378 g/mol. The highest BCUT2D eigenvalue weighted by Gasteiger charge is 2.33. The quantitative estimate of drug-likeness (QED) is 0.772. The van der Waals surface area contributed by atoms with E-state index in [9.17, 15) is 18.3 Å². The van der Waals surface area contributed by atoms with Crippen molar-refractivity contribution in [2.45, 2.75) is 38.0 Å². The van der Waals surface area contributed by atoms with Gasteiger partial charge in [0.25, 0.3) is 10.0 Å². The fraction of sp³-hybridized carbons (Fsp3) is 0.381. The average Bonchev–Trinajstić information content (AvgIpc) is 2.71. The number of hydrogen-bond donors (Lipinski definition) is 1.